The predicted octanol–water partition coefficient (Wildman–Crippen LogP) is 4.80. The molecule has 3 aromatic carbocycles. The smallest absolute Gasteiger partial charge is 0.344 e. The molecule has 0 saturated heterocycles. The Kier molecular flexibility index (Phi) is 5.54. The van der Waals surface area contributed by atoms with Gasteiger partial charge in [-0.2, -0.15) is 0 Å². The molecule has 0 aliphatic carbocycles. The monoisotopic (exact) mass is 470 g/mol. The van der Waals surface area contributed by atoms with Gasteiger partial charge in [-0.15, -0.1) is 0 Å². The number of hydrogen-bond donors (Lipinski definition) is 0. The summed E-state index contributed by atoms with van der Waals surface area (Å²) in [5.41, 5.74) is 0.00119. The molecule has 2 aromatic heterocycles. The molecule has 0 unspecified atom stereocenters. The van der Waals surface area contributed by atoms with E-state index in [0.29, 0.717) is 39.0 Å². The topological polar surface area (TPSA) is 105 Å². The first-order valence-electron chi connectivity index (χ1n) is 10.5. The van der Waals surface area contributed by atoms with Gasteiger partial charge >= 0.3 is 17.2 Å². The quantitative estimate of drug-likeness (QED) is 0.205. The van der Waals surface area contributed by atoms with Crippen LogP contribution in [0.2, 0.25) is 0 Å². The van der Waals surface area contributed by atoms with Crippen LogP contribution in [-0.4, -0.2) is 20.2 Å². The third kappa shape index (κ3) is 4.13. The fourth-order valence-electron chi connectivity index (χ4n) is 3.79. The summed E-state index contributed by atoms with van der Waals surface area (Å²) in [5.74, 6) is 0.619. The first-order chi connectivity index (χ1) is 17.0. The number of fused-ring (bicyclic) bond motifs is 2. The standard InChI is InChI=1S/C27H18O8/c1-31-17-8-6-15(7-9-17)26(29)33-18-10-11-19-20(14-24(28)34-23(19)13-18)21-12-16-4-3-5-22(32-2)25(16)35-27(21)30/h3-14H,1-2H3. The summed E-state index contributed by atoms with van der Waals surface area (Å²) in [4.78, 5) is 37.7. The van der Waals surface area contributed by atoms with Crippen LogP contribution in [0.3, 0.4) is 0 Å². The minimum Gasteiger partial charge on any atom is -0.497 e. The molecule has 0 N–H and O–H groups in total. The summed E-state index contributed by atoms with van der Waals surface area (Å²) in [5, 5.41) is 1.11. The van der Waals surface area contributed by atoms with Crippen LogP contribution in [0, 0.1) is 0 Å². The lowest BCUT2D eigenvalue weighted by atomic mass is 10.0. The van der Waals surface area contributed by atoms with Crippen molar-refractivity contribution in [2.75, 3.05) is 14.2 Å². The summed E-state index contributed by atoms with van der Waals surface area (Å²) in [6, 6.07) is 19.1. The number of ether oxygens (including phenoxy) is 3. The fourth-order valence-corrected chi connectivity index (χ4v) is 3.79. The van der Waals surface area contributed by atoms with E-state index >= 15 is 0 Å². The molecular weight excluding hydrogens is 452 g/mol. The zero-order chi connectivity index (χ0) is 24.5. The molecular formula is C27H18O8. The lowest BCUT2D eigenvalue weighted by molar-refractivity contribution is 0.0735. The Morgan fingerprint density at radius 1 is 0.771 bits per heavy atom. The molecule has 35 heavy (non-hydrogen) atoms. The average molecular weight is 470 g/mol. The Hall–Kier alpha value is -4.85. The zero-order valence-electron chi connectivity index (χ0n) is 18.7. The number of carbonyl (C=O) groups excluding carboxylic acids is 1. The van der Waals surface area contributed by atoms with Gasteiger partial charge in [0.15, 0.2) is 11.3 Å². The second-order valence-electron chi connectivity index (χ2n) is 7.58. The molecule has 0 aliphatic heterocycles. The summed E-state index contributed by atoms with van der Waals surface area (Å²) in [6.45, 7) is 0. The van der Waals surface area contributed by atoms with Gasteiger partial charge in [0.2, 0.25) is 0 Å². The van der Waals surface area contributed by atoms with E-state index in [9.17, 15) is 14.4 Å². The molecule has 0 radical (unpaired) electrons. The lowest BCUT2D eigenvalue weighted by Crippen LogP contribution is -2.09. The zero-order valence-corrected chi connectivity index (χ0v) is 18.7. The maximum atomic E-state index is 12.8. The van der Waals surface area contributed by atoms with Gasteiger partial charge in [-0.25, -0.2) is 14.4 Å². The number of carbonyl (C=O) groups is 1. The van der Waals surface area contributed by atoms with Gasteiger partial charge in [-0.05, 0) is 48.5 Å². The van der Waals surface area contributed by atoms with Gasteiger partial charge in [-0.1, -0.05) is 12.1 Å². The summed E-state index contributed by atoms with van der Waals surface area (Å²) in [6.07, 6.45) is 0. The lowest BCUT2D eigenvalue weighted by Gasteiger charge is -2.09. The van der Waals surface area contributed by atoms with Crippen LogP contribution in [0.4, 0.5) is 0 Å². The molecule has 0 saturated carbocycles. The molecule has 174 valence electrons. The van der Waals surface area contributed by atoms with Crippen LogP contribution in [0.15, 0.2) is 91.2 Å². The van der Waals surface area contributed by atoms with Crippen molar-refractivity contribution in [2.24, 2.45) is 0 Å². The second-order valence-corrected chi connectivity index (χ2v) is 7.58. The Morgan fingerprint density at radius 2 is 1.54 bits per heavy atom. The highest BCUT2D eigenvalue weighted by Gasteiger charge is 2.17. The fraction of sp³-hybridized carbons (Fsp3) is 0.0741. The Labute approximate surface area is 197 Å². The molecule has 0 amide bonds. The highest BCUT2D eigenvalue weighted by molar-refractivity contribution is 5.97. The number of benzene rings is 3. The first-order valence-corrected chi connectivity index (χ1v) is 10.5. The van der Waals surface area contributed by atoms with Crippen molar-refractivity contribution in [1.82, 2.24) is 0 Å². The largest absolute Gasteiger partial charge is 0.497 e. The van der Waals surface area contributed by atoms with Crippen molar-refractivity contribution in [1.29, 1.82) is 0 Å². The van der Waals surface area contributed by atoms with Gasteiger partial charge in [-0.3, -0.25) is 0 Å². The highest BCUT2D eigenvalue weighted by atomic mass is 16.5. The highest BCUT2D eigenvalue weighted by Crippen LogP contribution is 2.32. The molecule has 8 heteroatoms. The van der Waals surface area contributed by atoms with E-state index < -0.39 is 17.2 Å². The molecule has 8 nitrogen and oxygen atoms in total. The van der Waals surface area contributed by atoms with Crippen LogP contribution in [0.5, 0.6) is 17.2 Å². The first kappa shape index (κ1) is 22.0. The van der Waals surface area contributed by atoms with E-state index in [1.807, 2.05) is 0 Å². The van der Waals surface area contributed by atoms with E-state index in [1.54, 1.807) is 60.7 Å². The normalized spacial score (nSPS) is 10.9. The maximum Gasteiger partial charge on any atom is 0.344 e. The van der Waals surface area contributed by atoms with E-state index in [1.165, 1.54) is 26.4 Å². The van der Waals surface area contributed by atoms with E-state index in [4.69, 9.17) is 23.0 Å². The Balaban J connectivity index is 1.56. The molecule has 0 fully saturated rings. The summed E-state index contributed by atoms with van der Waals surface area (Å²) >= 11 is 0. The van der Waals surface area contributed by atoms with Crippen molar-refractivity contribution in [2.45, 2.75) is 0 Å². The SMILES string of the molecule is COc1ccc(C(=O)Oc2ccc3c(-c4cc5cccc(OC)c5oc4=O)cc(=O)oc3c2)cc1. The third-order valence-corrected chi connectivity index (χ3v) is 5.49. The molecule has 2 heterocycles. The van der Waals surface area contributed by atoms with E-state index in [2.05, 4.69) is 0 Å². The Bertz CT molecular complexity index is 1690. The maximum absolute atomic E-state index is 12.8. The molecule has 0 atom stereocenters. The number of methoxy groups -OCH3 is 2. The second kappa shape index (κ2) is 8.83. The van der Waals surface area contributed by atoms with Gasteiger partial charge < -0.3 is 23.0 Å². The van der Waals surface area contributed by atoms with Gasteiger partial charge in [0.25, 0.3) is 0 Å². The minimum absolute atomic E-state index is 0.151. The molecule has 0 spiro atoms. The van der Waals surface area contributed by atoms with Crippen LogP contribution >= 0.6 is 0 Å². The number of rotatable bonds is 5. The summed E-state index contributed by atoms with van der Waals surface area (Å²) in [7, 11) is 3.01. The summed E-state index contributed by atoms with van der Waals surface area (Å²) < 4.78 is 26.6. The van der Waals surface area contributed by atoms with Gasteiger partial charge in [0.1, 0.15) is 17.1 Å². The average Bonchev–Trinajstić information content (AvgIpc) is 2.87. The van der Waals surface area contributed by atoms with E-state index in [0.717, 1.165) is 0 Å². The van der Waals surface area contributed by atoms with E-state index in [-0.39, 0.29) is 16.9 Å². The Morgan fingerprint density at radius 3 is 2.29 bits per heavy atom. The van der Waals surface area contributed by atoms with Crippen LogP contribution in [0.1, 0.15) is 10.4 Å². The van der Waals surface area contributed by atoms with Crippen LogP contribution in [-0.2, 0) is 0 Å². The predicted molar refractivity (Wildman–Crippen MR) is 128 cm³/mol. The third-order valence-electron chi connectivity index (χ3n) is 5.49. The molecule has 0 aliphatic rings. The van der Waals surface area contributed by atoms with Gasteiger partial charge in [0.05, 0.1) is 25.3 Å². The molecule has 5 rings (SSSR count). The number of esters is 1. The van der Waals surface area contributed by atoms with Crippen molar-refractivity contribution in [3.05, 3.63) is 99.2 Å². The van der Waals surface area contributed by atoms with Crippen molar-refractivity contribution in [3.8, 4) is 28.4 Å². The minimum atomic E-state index is -0.670. The van der Waals surface area contributed by atoms with Gasteiger partial charge in [0, 0.05) is 28.5 Å². The van der Waals surface area contributed by atoms with Crippen molar-refractivity contribution >= 4 is 27.9 Å². The van der Waals surface area contributed by atoms with Crippen molar-refractivity contribution in [3.63, 3.8) is 0 Å². The van der Waals surface area contributed by atoms with Crippen LogP contribution in [0.25, 0.3) is 33.1 Å². The number of para-hydroxylation sites is 1. The molecule has 0 bridgehead atoms. The van der Waals surface area contributed by atoms with Crippen LogP contribution < -0.4 is 25.5 Å². The molecule has 5 aromatic rings. The number of hydrogen-bond acceptors (Lipinski definition) is 8. The van der Waals surface area contributed by atoms with Crippen molar-refractivity contribution < 1.29 is 27.8 Å².